The third-order valence-electron chi connectivity index (χ3n) is 16.0. The van der Waals surface area contributed by atoms with Crippen molar-refractivity contribution in [2.24, 2.45) is 11.8 Å². The van der Waals surface area contributed by atoms with Crippen molar-refractivity contribution in [2.45, 2.75) is 50.4 Å². The first-order chi connectivity index (χ1) is 32.0. The van der Waals surface area contributed by atoms with E-state index in [0.717, 1.165) is 5.92 Å². The average Bonchev–Trinajstić information content (AvgIpc) is 4.12. The highest BCUT2D eigenvalue weighted by Gasteiger charge is 2.56. The van der Waals surface area contributed by atoms with Gasteiger partial charge in [0, 0.05) is 27.6 Å². The summed E-state index contributed by atoms with van der Waals surface area (Å²) < 4.78 is 0. The van der Waals surface area contributed by atoms with Gasteiger partial charge in [-0.1, -0.05) is 208 Å². The number of fused-ring (bicyclic) bond motifs is 11. The molecule has 4 aliphatic rings. The molecule has 65 heavy (non-hydrogen) atoms. The Kier molecular flexibility index (Phi) is 8.63. The molecule has 2 fully saturated rings. The second kappa shape index (κ2) is 14.7. The summed E-state index contributed by atoms with van der Waals surface area (Å²) in [6.45, 7) is 4.82. The summed E-state index contributed by atoms with van der Waals surface area (Å²) in [6.07, 6.45) is 5.29. The highest BCUT2D eigenvalue weighted by molar-refractivity contribution is 5.98. The predicted octanol–water partition coefficient (Wildman–Crippen LogP) is 17.2. The largest absolute Gasteiger partial charge is 0.309 e. The van der Waals surface area contributed by atoms with E-state index < -0.39 is 0 Å². The maximum atomic E-state index is 2.61. The minimum atomic E-state index is -0.157. The van der Waals surface area contributed by atoms with Crippen LogP contribution in [0.2, 0.25) is 0 Å². The third-order valence-corrected chi connectivity index (χ3v) is 16.0. The van der Waals surface area contributed by atoms with Crippen LogP contribution in [0.3, 0.4) is 0 Å². The van der Waals surface area contributed by atoms with Gasteiger partial charge in [-0.2, -0.15) is 0 Å². The van der Waals surface area contributed by atoms with Gasteiger partial charge in [0.15, 0.2) is 0 Å². The van der Waals surface area contributed by atoms with E-state index in [4.69, 9.17) is 0 Å². The van der Waals surface area contributed by atoms with Gasteiger partial charge >= 0.3 is 0 Å². The van der Waals surface area contributed by atoms with Gasteiger partial charge in [0.25, 0.3) is 0 Å². The Morgan fingerprint density at radius 2 is 0.877 bits per heavy atom. The fourth-order valence-corrected chi connectivity index (χ4v) is 13.1. The molecule has 9 aromatic rings. The summed E-state index contributed by atoms with van der Waals surface area (Å²) >= 11 is 0. The van der Waals surface area contributed by atoms with Crippen LogP contribution in [0, 0.1) is 11.8 Å². The topological polar surface area (TPSA) is 3.24 Å². The number of nitrogens with zero attached hydrogens (tertiary/aromatic N) is 1. The van der Waals surface area contributed by atoms with Gasteiger partial charge in [-0.05, 0) is 133 Å². The Morgan fingerprint density at radius 1 is 0.385 bits per heavy atom. The lowest BCUT2D eigenvalue weighted by atomic mass is 9.67. The molecule has 2 bridgehead atoms. The molecule has 0 amide bonds. The van der Waals surface area contributed by atoms with E-state index >= 15 is 0 Å². The third kappa shape index (κ3) is 5.77. The van der Waals surface area contributed by atoms with Crippen molar-refractivity contribution in [3.63, 3.8) is 0 Å². The summed E-state index contributed by atoms with van der Waals surface area (Å²) in [7, 11) is 0. The van der Waals surface area contributed by atoms with Crippen LogP contribution in [0.5, 0.6) is 0 Å². The van der Waals surface area contributed by atoms with Gasteiger partial charge in [-0.25, -0.2) is 0 Å². The summed E-state index contributed by atoms with van der Waals surface area (Å²) in [5, 5.41) is 0. The first kappa shape index (κ1) is 38.3. The van der Waals surface area contributed by atoms with E-state index in [9.17, 15) is 0 Å². The lowest BCUT2D eigenvalue weighted by molar-refractivity contribution is 0.327. The van der Waals surface area contributed by atoms with Gasteiger partial charge in [0.2, 0.25) is 0 Å². The molecule has 0 aromatic heterocycles. The average molecular weight is 834 g/mol. The van der Waals surface area contributed by atoms with Gasteiger partial charge < -0.3 is 4.90 Å². The number of anilines is 3. The van der Waals surface area contributed by atoms with Crippen LogP contribution in [0.15, 0.2) is 212 Å². The fourth-order valence-electron chi connectivity index (χ4n) is 13.1. The molecule has 2 saturated carbocycles. The van der Waals surface area contributed by atoms with Crippen LogP contribution in [-0.2, 0) is 10.8 Å². The first-order valence-corrected chi connectivity index (χ1v) is 23.7. The Bertz CT molecular complexity index is 3300. The quantitative estimate of drug-likeness (QED) is 0.155. The Labute approximate surface area is 383 Å². The van der Waals surface area contributed by atoms with Crippen LogP contribution in [0.1, 0.15) is 61.8 Å². The van der Waals surface area contributed by atoms with Crippen molar-refractivity contribution in [3.8, 4) is 66.8 Å². The lowest BCUT2D eigenvalue weighted by Gasteiger charge is -2.37. The maximum Gasteiger partial charge on any atom is 0.0540 e. The smallest absolute Gasteiger partial charge is 0.0540 e. The molecule has 1 nitrogen and oxygen atoms in total. The summed E-state index contributed by atoms with van der Waals surface area (Å²) in [4.78, 5) is 2.60. The van der Waals surface area contributed by atoms with E-state index in [1.165, 1.54) is 126 Å². The SMILES string of the molecule is CC1(C)c2ccccc2-c2cccc(-c3ccccc3N(c3ccc4c(c3)C3(CC5CCC3C5)c3ccccc3-4)c3ccccc3-c3ccc(-c4ccc(-c5ccccc5)cc4)cc3)c21. The fraction of sp³-hybridized carbons (Fsp3) is 0.156. The zero-order valence-corrected chi connectivity index (χ0v) is 37.1. The van der Waals surface area contributed by atoms with Gasteiger partial charge in [0.05, 0.1) is 11.4 Å². The highest BCUT2D eigenvalue weighted by Crippen LogP contribution is 2.66. The standard InChI is InChI=1S/C64H51N/c1-63(2)57-23-10-6-19-52(57)55-21-14-22-56(62(55)63)54-20-9-13-26-61(54)65(49-37-38-53-51-18-7-11-24-58(51)64(59(53)40-49)41-42-27-36-48(64)39-42)60-25-12-8-17-50(60)47-34-32-46(33-35-47)45-30-28-44(29-31-45)43-15-4-3-5-16-43/h3-26,28-35,37-38,40,42,48H,27,36,39,41H2,1-2H3. The summed E-state index contributed by atoms with van der Waals surface area (Å²) in [6, 6.07) is 79.9. The molecule has 3 unspecified atom stereocenters. The molecule has 0 aliphatic heterocycles. The number of rotatable bonds is 7. The first-order valence-electron chi connectivity index (χ1n) is 23.7. The second-order valence-corrected chi connectivity index (χ2v) is 19.6. The van der Waals surface area contributed by atoms with Crippen molar-refractivity contribution < 1.29 is 0 Å². The van der Waals surface area contributed by atoms with Crippen molar-refractivity contribution in [1.82, 2.24) is 0 Å². The predicted molar refractivity (Wildman–Crippen MR) is 272 cm³/mol. The Morgan fingerprint density at radius 3 is 1.52 bits per heavy atom. The zero-order chi connectivity index (χ0) is 43.3. The molecule has 1 heteroatoms. The van der Waals surface area contributed by atoms with Crippen molar-refractivity contribution >= 4 is 17.1 Å². The van der Waals surface area contributed by atoms with Crippen molar-refractivity contribution in [2.75, 3.05) is 4.90 Å². The molecule has 0 radical (unpaired) electrons. The normalized spacial score (nSPS) is 19.2. The maximum absolute atomic E-state index is 2.61. The second-order valence-electron chi connectivity index (χ2n) is 19.6. The Balaban J connectivity index is 0.987. The van der Waals surface area contributed by atoms with Gasteiger partial charge in [0.1, 0.15) is 0 Å². The monoisotopic (exact) mass is 833 g/mol. The minimum Gasteiger partial charge on any atom is -0.309 e. The molecule has 13 rings (SSSR count). The molecule has 9 aromatic carbocycles. The molecule has 4 aliphatic carbocycles. The lowest BCUT2D eigenvalue weighted by Crippen LogP contribution is -2.32. The van der Waals surface area contributed by atoms with E-state index in [1.54, 1.807) is 5.56 Å². The number of hydrogen-bond donors (Lipinski definition) is 0. The van der Waals surface area contributed by atoms with E-state index in [-0.39, 0.29) is 10.8 Å². The highest BCUT2D eigenvalue weighted by atomic mass is 15.1. The van der Waals surface area contributed by atoms with E-state index in [2.05, 4.69) is 231 Å². The Hall–Kier alpha value is -7.22. The molecule has 0 heterocycles. The van der Waals surface area contributed by atoms with Crippen LogP contribution in [0.4, 0.5) is 17.1 Å². The van der Waals surface area contributed by atoms with E-state index in [1.807, 2.05) is 0 Å². The minimum absolute atomic E-state index is 0.0702. The van der Waals surface area contributed by atoms with Crippen molar-refractivity contribution in [3.05, 3.63) is 235 Å². The number of benzene rings is 9. The van der Waals surface area contributed by atoms with Gasteiger partial charge in [-0.15, -0.1) is 0 Å². The molecule has 312 valence electrons. The number of hydrogen-bond acceptors (Lipinski definition) is 1. The molecule has 0 saturated heterocycles. The van der Waals surface area contributed by atoms with Crippen LogP contribution >= 0.6 is 0 Å². The summed E-state index contributed by atoms with van der Waals surface area (Å²) in [5.41, 5.74) is 24.8. The van der Waals surface area contributed by atoms with Crippen molar-refractivity contribution in [1.29, 1.82) is 0 Å². The zero-order valence-electron chi connectivity index (χ0n) is 37.1. The molecule has 1 spiro atoms. The molecular formula is C64H51N. The molecule has 0 N–H and O–H groups in total. The van der Waals surface area contributed by atoms with Crippen LogP contribution in [-0.4, -0.2) is 0 Å². The van der Waals surface area contributed by atoms with E-state index in [0.29, 0.717) is 5.92 Å². The van der Waals surface area contributed by atoms with Crippen LogP contribution < -0.4 is 4.90 Å². The van der Waals surface area contributed by atoms with Crippen LogP contribution in [0.25, 0.3) is 66.8 Å². The number of para-hydroxylation sites is 2. The summed E-state index contributed by atoms with van der Waals surface area (Å²) in [5.74, 6) is 1.49. The molecular weight excluding hydrogens is 783 g/mol. The van der Waals surface area contributed by atoms with Gasteiger partial charge in [-0.3, -0.25) is 0 Å². The molecule has 3 atom stereocenters.